The van der Waals surface area contributed by atoms with Gasteiger partial charge in [-0.05, 0) is 42.8 Å². The molecule has 2 aromatic rings. The smallest absolute Gasteiger partial charge is 0.308 e. The summed E-state index contributed by atoms with van der Waals surface area (Å²) in [6, 6.07) is 11.7. The molecule has 0 unspecified atom stereocenters. The van der Waals surface area contributed by atoms with Crippen molar-refractivity contribution < 1.29 is 28.3 Å². The molecule has 1 atom stereocenters. The molecule has 2 aromatic carbocycles. The van der Waals surface area contributed by atoms with E-state index in [1.165, 1.54) is 19.1 Å². The van der Waals surface area contributed by atoms with Crippen molar-refractivity contribution >= 4 is 23.6 Å². The van der Waals surface area contributed by atoms with Gasteiger partial charge < -0.3 is 4.74 Å². The van der Waals surface area contributed by atoms with E-state index in [4.69, 9.17) is 4.74 Å². The van der Waals surface area contributed by atoms with Crippen molar-refractivity contribution in [3.63, 3.8) is 0 Å². The molecule has 0 aromatic heterocycles. The average Bonchev–Trinajstić information content (AvgIpc) is 2.67. The van der Waals surface area contributed by atoms with Crippen LogP contribution < -0.4 is 0 Å². The third-order valence-corrected chi connectivity index (χ3v) is 4.48. The second-order valence-electron chi connectivity index (χ2n) is 6.44. The van der Waals surface area contributed by atoms with Crippen molar-refractivity contribution in [2.45, 2.75) is 25.9 Å². The molecule has 0 aliphatic carbocycles. The van der Waals surface area contributed by atoms with Crippen LogP contribution in [0.5, 0.6) is 0 Å². The van der Waals surface area contributed by atoms with Crippen LogP contribution in [0.15, 0.2) is 48.5 Å². The zero-order valence-corrected chi connectivity index (χ0v) is 15.2. The van der Waals surface area contributed by atoms with Gasteiger partial charge in [-0.15, -0.1) is 0 Å². The number of nitrogens with zero attached hydrogens (tertiary/aromatic N) is 1. The maximum Gasteiger partial charge on any atom is 0.308 e. The molecule has 6 nitrogen and oxygen atoms in total. The normalized spacial score (nSPS) is 14.4. The second kappa shape index (κ2) is 8.12. The fraction of sp³-hybridized carbons (Fsp3) is 0.238. The largest absolute Gasteiger partial charge is 0.454 e. The summed E-state index contributed by atoms with van der Waals surface area (Å²) in [6.45, 7) is 1.29. The lowest BCUT2D eigenvalue weighted by atomic mass is 9.98. The average molecular weight is 383 g/mol. The topological polar surface area (TPSA) is 80.8 Å². The summed E-state index contributed by atoms with van der Waals surface area (Å²) in [5.74, 6) is -2.48. The summed E-state index contributed by atoms with van der Waals surface area (Å²) in [7, 11) is 0. The van der Waals surface area contributed by atoms with Gasteiger partial charge in [-0.1, -0.05) is 18.2 Å². The fourth-order valence-electron chi connectivity index (χ4n) is 2.99. The second-order valence-corrected chi connectivity index (χ2v) is 6.44. The zero-order valence-electron chi connectivity index (χ0n) is 15.2. The van der Waals surface area contributed by atoms with Crippen molar-refractivity contribution in [1.29, 1.82) is 0 Å². The van der Waals surface area contributed by atoms with Gasteiger partial charge in [0.25, 0.3) is 5.91 Å². The number of hydrogen-bond donors (Lipinski definition) is 0. The summed E-state index contributed by atoms with van der Waals surface area (Å²) < 4.78 is 18.0. The minimum Gasteiger partial charge on any atom is -0.454 e. The molecule has 0 saturated heterocycles. The van der Waals surface area contributed by atoms with E-state index in [2.05, 4.69) is 0 Å². The Kier molecular flexibility index (Phi) is 5.63. The van der Waals surface area contributed by atoms with E-state index in [9.17, 15) is 23.6 Å². The van der Waals surface area contributed by atoms with Gasteiger partial charge in [0.15, 0.2) is 6.10 Å². The highest BCUT2D eigenvalue weighted by atomic mass is 19.1. The number of hydrogen-bond acceptors (Lipinski definition) is 5. The van der Waals surface area contributed by atoms with E-state index in [1.54, 1.807) is 24.3 Å². The molecule has 0 radical (unpaired) electrons. The van der Waals surface area contributed by atoms with E-state index >= 15 is 0 Å². The van der Waals surface area contributed by atoms with Gasteiger partial charge in [0.2, 0.25) is 11.7 Å². The molecule has 0 N–H and O–H groups in total. The molecular weight excluding hydrogens is 365 g/mol. The van der Waals surface area contributed by atoms with Crippen molar-refractivity contribution in [2.75, 3.05) is 6.54 Å². The Morgan fingerprint density at radius 1 is 1.11 bits per heavy atom. The first-order valence-electron chi connectivity index (χ1n) is 8.78. The number of esters is 1. The summed E-state index contributed by atoms with van der Waals surface area (Å²) >= 11 is 0. The van der Waals surface area contributed by atoms with Crippen LogP contribution in [0.3, 0.4) is 0 Å². The Balaban J connectivity index is 1.57. The highest BCUT2D eigenvalue weighted by molar-refractivity contribution is 6.09. The van der Waals surface area contributed by atoms with Gasteiger partial charge in [0, 0.05) is 17.7 Å². The first-order chi connectivity index (χ1) is 13.4. The van der Waals surface area contributed by atoms with Gasteiger partial charge in [0.1, 0.15) is 5.82 Å². The number of carbonyl (C=O) groups excluding carboxylic acids is 4. The molecule has 1 aliphatic heterocycles. The molecular formula is C21H18FNO5. The number of amides is 2. The zero-order chi connectivity index (χ0) is 20.3. The maximum absolute atomic E-state index is 12.9. The maximum atomic E-state index is 12.9. The summed E-state index contributed by atoms with van der Waals surface area (Å²) in [6.07, 6.45) is -1.19. The van der Waals surface area contributed by atoms with Crippen LogP contribution in [0, 0.1) is 5.82 Å². The lowest BCUT2D eigenvalue weighted by molar-refractivity contribution is -0.146. The number of halogens is 1. The molecule has 0 saturated carbocycles. The van der Waals surface area contributed by atoms with Crippen LogP contribution in [-0.4, -0.2) is 41.1 Å². The minimum absolute atomic E-state index is 0.0937. The van der Waals surface area contributed by atoms with Crippen LogP contribution in [0.1, 0.15) is 39.6 Å². The molecule has 7 heteroatoms. The number of fused-ring (bicyclic) bond motifs is 1. The molecule has 0 fully saturated rings. The molecule has 144 valence electrons. The first-order valence-corrected chi connectivity index (χ1v) is 8.78. The number of carbonyl (C=O) groups is 4. The molecule has 0 bridgehead atoms. The van der Waals surface area contributed by atoms with E-state index in [0.29, 0.717) is 11.1 Å². The lowest BCUT2D eigenvalue weighted by Gasteiger charge is -2.26. The van der Waals surface area contributed by atoms with E-state index in [-0.39, 0.29) is 30.9 Å². The lowest BCUT2D eigenvalue weighted by Crippen LogP contribution is -2.43. The predicted octanol–water partition coefficient (Wildman–Crippen LogP) is 2.56. The number of rotatable bonds is 6. The SMILES string of the molecule is C[C@H](OC(=O)CCN1C(=O)Cc2ccccc2C1=O)C(=O)c1ccc(F)cc1. The van der Waals surface area contributed by atoms with E-state index < -0.39 is 29.6 Å². The van der Waals surface area contributed by atoms with Gasteiger partial charge in [0.05, 0.1) is 12.8 Å². The molecule has 2 amide bonds. The third-order valence-electron chi connectivity index (χ3n) is 4.48. The molecule has 28 heavy (non-hydrogen) atoms. The Labute approximate surface area is 160 Å². The van der Waals surface area contributed by atoms with Crippen LogP contribution in [0.2, 0.25) is 0 Å². The summed E-state index contributed by atoms with van der Waals surface area (Å²) in [5, 5.41) is 0. The standard InChI is InChI=1S/C21H18FNO5/c1-13(20(26)14-6-8-16(22)9-7-14)28-19(25)10-11-23-18(24)12-15-4-2-3-5-17(15)21(23)27/h2-9,13H,10-12H2,1H3/t13-/m0/s1. The van der Waals surface area contributed by atoms with Crippen molar-refractivity contribution in [1.82, 2.24) is 4.90 Å². The quantitative estimate of drug-likeness (QED) is 0.435. The molecule has 1 aliphatic rings. The highest BCUT2D eigenvalue weighted by Crippen LogP contribution is 2.20. The Morgan fingerprint density at radius 2 is 1.79 bits per heavy atom. The van der Waals surface area contributed by atoms with Crippen molar-refractivity contribution in [3.8, 4) is 0 Å². The van der Waals surface area contributed by atoms with Gasteiger partial charge in [-0.3, -0.25) is 24.1 Å². The number of benzene rings is 2. The van der Waals surface area contributed by atoms with Gasteiger partial charge in [-0.25, -0.2) is 4.39 Å². The van der Waals surface area contributed by atoms with Crippen molar-refractivity contribution in [3.05, 3.63) is 71.0 Å². The monoisotopic (exact) mass is 383 g/mol. The third kappa shape index (κ3) is 4.14. The predicted molar refractivity (Wildman–Crippen MR) is 97.1 cm³/mol. The van der Waals surface area contributed by atoms with Gasteiger partial charge in [-0.2, -0.15) is 0 Å². The van der Waals surface area contributed by atoms with Crippen LogP contribution in [0.25, 0.3) is 0 Å². The summed E-state index contributed by atoms with van der Waals surface area (Å²) in [5.41, 5.74) is 1.32. The Morgan fingerprint density at radius 3 is 2.50 bits per heavy atom. The van der Waals surface area contributed by atoms with E-state index in [1.807, 2.05) is 0 Å². The van der Waals surface area contributed by atoms with Crippen LogP contribution in [0.4, 0.5) is 4.39 Å². The van der Waals surface area contributed by atoms with Gasteiger partial charge >= 0.3 is 5.97 Å². The van der Waals surface area contributed by atoms with Crippen LogP contribution in [-0.2, 0) is 20.7 Å². The molecule has 1 heterocycles. The summed E-state index contributed by atoms with van der Waals surface area (Å²) in [4.78, 5) is 49.9. The van der Waals surface area contributed by atoms with Crippen molar-refractivity contribution in [2.24, 2.45) is 0 Å². The Bertz CT molecular complexity index is 938. The number of ether oxygens (including phenoxy) is 1. The molecule has 3 rings (SSSR count). The minimum atomic E-state index is -1.06. The highest BCUT2D eigenvalue weighted by Gasteiger charge is 2.31. The fourth-order valence-corrected chi connectivity index (χ4v) is 2.99. The number of ketones is 1. The molecule has 0 spiro atoms. The Hall–Kier alpha value is -3.35. The number of imide groups is 1. The van der Waals surface area contributed by atoms with Crippen LogP contribution >= 0.6 is 0 Å². The first kappa shape index (κ1) is 19.4. The number of Topliss-reactive ketones (excluding diaryl/α,β-unsaturated/α-hetero) is 1. The van der Waals surface area contributed by atoms with E-state index in [0.717, 1.165) is 17.0 Å².